The van der Waals surface area contributed by atoms with Crippen molar-refractivity contribution in [3.63, 3.8) is 0 Å². The molecule has 1 amide bonds. The van der Waals surface area contributed by atoms with Crippen LogP contribution in [0.15, 0.2) is 72.8 Å². The van der Waals surface area contributed by atoms with Gasteiger partial charge >= 0.3 is 0 Å². The summed E-state index contributed by atoms with van der Waals surface area (Å²) in [6.45, 7) is 2.86. The molecule has 0 radical (unpaired) electrons. The van der Waals surface area contributed by atoms with Crippen molar-refractivity contribution in [3.05, 3.63) is 95.3 Å². The van der Waals surface area contributed by atoms with Crippen molar-refractivity contribution < 1.29 is 13.9 Å². The molecule has 4 heteroatoms. The standard InChI is InChI=1S/C25H22FNO2/c1-2-15-27-23-13-7-5-11-20(23)21(25(27)28)16-18-9-4-8-14-24(18)29-17-19-10-3-6-12-22(19)26/h3-14,16H,2,15,17H2,1H3/b21-16-. The Balaban J connectivity index is 1.67. The number of rotatable bonds is 6. The van der Waals surface area contributed by atoms with Crippen molar-refractivity contribution in [2.24, 2.45) is 0 Å². The number of carbonyl (C=O) groups excluding carboxylic acids is 1. The van der Waals surface area contributed by atoms with Crippen LogP contribution in [0.25, 0.3) is 11.6 Å². The molecule has 0 spiro atoms. The minimum absolute atomic E-state index is 0.00282. The molecular weight excluding hydrogens is 365 g/mol. The Bertz CT molecular complexity index is 1070. The molecule has 0 unspecified atom stereocenters. The number of nitrogens with zero attached hydrogens (tertiary/aromatic N) is 1. The molecule has 0 aliphatic carbocycles. The lowest BCUT2D eigenvalue weighted by Gasteiger charge is -2.15. The first kappa shape index (κ1) is 18.9. The molecule has 29 heavy (non-hydrogen) atoms. The predicted molar refractivity (Wildman–Crippen MR) is 114 cm³/mol. The number of para-hydroxylation sites is 2. The van der Waals surface area contributed by atoms with Gasteiger partial charge in [-0.1, -0.05) is 61.5 Å². The van der Waals surface area contributed by atoms with Gasteiger partial charge in [-0.3, -0.25) is 4.79 Å². The lowest BCUT2D eigenvalue weighted by Crippen LogP contribution is -2.26. The molecule has 1 heterocycles. The maximum absolute atomic E-state index is 13.9. The number of fused-ring (bicyclic) bond motifs is 1. The van der Waals surface area contributed by atoms with Crippen molar-refractivity contribution in [1.82, 2.24) is 0 Å². The van der Waals surface area contributed by atoms with Crippen molar-refractivity contribution in [2.45, 2.75) is 20.0 Å². The first-order valence-electron chi connectivity index (χ1n) is 9.77. The van der Waals surface area contributed by atoms with Gasteiger partial charge in [0.1, 0.15) is 18.2 Å². The highest BCUT2D eigenvalue weighted by atomic mass is 19.1. The van der Waals surface area contributed by atoms with Gasteiger partial charge in [0.05, 0.1) is 5.69 Å². The van der Waals surface area contributed by atoms with Gasteiger partial charge in [-0.25, -0.2) is 4.39 Å². The number of hydrogen-bond donors (Lipinski definition) is 0. The molecular formula is C25H22FNO2. The number of benzene rings is 3. The first-order chi connectivity index (χ1) is 14.2. The molecule has 0 N–H and O–H groups in total. The summed E-state index contributed by atoms with van der Waals surface area (Å²) in [5, 5.41) is 0. The van der Waals surface area contributed by atoms with Crippen LogP contribution in [0.5, 0.6) is 5.75 Å². The summed E-state index contributed by atoms with van der Waals surface area (Å²) in [4.78, 5) is 14.9. The van der Waals surface area contributed by atoms with Crippen molar-refractivity contribution >= 4 is 23.2 Å². The average Bonchev–Trinajstić information content (AvgIpc) is 3.00. The fraction of sp³-hybridized carbons (Fsp3) is 0.160. The largest absolute Gasteiger partial charge is 0.488 e. The molecule has 0 aromatic heterocycles. The second kappa shape index (κ2) is 8.31. The Kier molecular flexibility index (Phi) is 5.43. The van der Waals surface area contributed by atoms with Crippen LogP contribution in [0.4, 0.5) is 10.1 Å². The van der Waals surface area contributed by atoms with E-state index in [0.29, 0.717) is 23.4 Å². The SMILES string of the molecule is CCCN1C(=O)/C(=C\c2ccccc2OCc2ccccc2F)c2ccccc21. The zero-order valence-electron chi connectivity index (χ0n) is 16.3. The molecule has 3 aromatic rings. The number of ether oxygens (including phenoxy) is 1. The fourth-order valence-electron chi connectivity index (χ4n) is 3.55. The van der Waals surface area contributed by atoms with Crippen LogP contribution in [-0.4, -0.2) is 12.5 Å². The summed E-state index contributed by atoms with van der Waals surface area (Å²) in [5.74, 6) is 0.317. The van der Waals surface area contributed by atoms with Crippen molar-refractivity contribution in [3.8, 4) is 5.75 Å². The Hall–Kier alpha value is -3.40. The average molecular weight is 387 g/mol. The fourth-order valence-corrected chi connectivity index (χ4v) is 3.55. The highest BCUT2D eigenvalue weighted by Gasteiger charge is 2.31. The van der Waals surface area contributed by atoms with E-state index in [-0.39, 0.29) is 18.3 Å². The third-order valence-corrected chi connectivity index (χ3v) is 4.97. The second-order valence-electron chi connectivity index (χ2n) is 6.95. The number of anilines is 1. The smallest absolute Gasteiger partial charge is 0.258 e. The van der Waals surface area contributed by atoms with E-state index in [9.17, 15) is 9.18 Å². The van der Waals surface area contributed by atoms with E-state index in [4.69, 9.17) is 4.74 Å². The predicted octanol–water partition coefficient (Wildman–Crippen LogP) is 5.70. The number of hydrogen-bond acceptors (Lipinski definition) is 2. The Morgan fingerprint density at radius 2 is 1.69 bits per heavy atom. The van der Waals surface area contributed by atoms with E-state index in [0.717, 1.165) is 23.2 Å². The summed E-state index contributed by atoms with van der Waals surface area (Å²) in [7, 11) is 0. The number of amides is 1. The normalized spacial score (nSPS) is 14.3. The topological polar surface area (TPSA) is 29.5 Å². The van der Waals surface area contributed by atoms with Crippen molar-refractivity contribution in [1.29, 1.82) is 0 Å². The van der Waals surface area contributed by atoms with E-state index in [2.05, 4.69) is 6.92 Å². The van der Waals surface area contributed by atoms with E-state index >= 15 is 0 Å². The van der Waals surface area contributed by atoms with Gasteiger partial charge in [-0.15, -0.1) is 0 Å². The van der Waals surface area contributed by atoms with Crippen LogP contribution in [0.1, 0.15) is 30.0 Å². The molecule has 0 atom stereocenters. The van der Waals surface area contributed by atoms with E-state index < -0.39 is 0 Å². The second-order valence-corrected chi connectivity index (χ2v) is 6.95. The zero-order valence-corrected chi connectivity index (χ0v) is 16.3. The lowest BCUT2D eigenvalue weighted by atomic mass is 10.0. The molecule has 1 aliphatic heterocycles. The van der Waals surface area contributed by atoms with Crippen LogP contribution in [-0.2, 0) is 11.4 Å². The van der Waals surface area contributed by atoms with Crippen molar-refractivity contribution in [2.75, 3.05) is 11.4 Å². The summed E-state index contributed by atoms with van der Waals surface area (Å²) in [5.41, 5.74) is 3.80. The van der Waals surface area contributed by atoms with Gasteiger partial charge in [0, 0.05) is 28.8 Å². The Labute approximate surface area is 170 Å². The van der Waals surface area contributed by atoms with Crippen LogP contribution >= 0.6 is 0 Å². The number of halogens is 1. The van der Waals surface area contributed by atoms with Gasteiger partial charge < -0.3 is 9.64 Å². The Morgan fingerprint density at radius 3 is 2.52 bits per heavy atom. The summed E-state index contributed by atoms with van der Waals surface area (Å²) >= 11 is 0. The maximum atomic E-state index is 13.9. The number of carbonyl (C=O) groups is 1. The molecule has 0 fully saturated rings. The highest BCUT2D eigenvalue weighted by Crippen LogP contribution is 2.38. The summed E-state index contributed by atoms with van der Waals surface area (Å²) in [6, 6.07) is 21.9. The summed E-state index contributed by atoms with van der Waals surface area (Å²) in [6.07, 6.45) is 2.75. The van der Waals surface area contributed by atoms with Crippen LogP contribution in [0.2, 0.25) is 0 Å². The molecule has 0 saturated heterocycles. The zero-order chi connectivity index (χ0) is 20.2. The molecule has 0 saturated carbocycles. The minimum atomic E-state index is -0.293. The van der Waals surface area contributed by atoms with E-state index in [1.165, 1.54) is 6.07 Å². The van der Waals surface area contributed by atoms with E-state index in [1.807, 2.05) is 59.5 Å². The molecule has 3 nitrogen and oxygen atoms in total. The monoisotopic (exact) mass is 387 g/mol. The summed E-state index contributed by atoms with van der Waals surface area (Å²) < 4.78 is 19.8. The quantitative estimate of drug-likeness (QED) is 0.508. The maximum Gasteiger partial charge on any atom is 0.258 e. The molecule has 3 aromatic carbocycles. The molecule has 1 aliphatic rings. The van der Waals surface area contributed by atoms with Gasteiger partial charge in [-0.2, -0.15) is 0 Å². The van der Waals surface area contributed by atoms with Crippen LogP contribution < -0.4 is 9.64 Å². The molecule has 146 valence electrons. The third-order valence-electron chi connectivity index (χ3n) is 4.97. The minimum Gasteiger partial charge on any atom is -0.488 e. The van der Waals surface area contributed by atoms with Crippen LogP contribution in [0, 0.1) is 5.82 Å². The van der Waals surface area contributed by atoms with Crippen LogP contribution in [0.3, 0.4) is 0 Å². The van der Waals surface area contributed by atoms with Gasteiger partial charge in [0.2, 0.25) is 0 Å². The third kappa shape index (κ3) is 3.79. The van der Waals surface area contributed by atoms with Gasteiger partial charge in [0.15, 0.2) is 0 Å². The molecule has 0 bridgehead atoms. The lowest BCUT2D eigenvalue weighted by molar-refractivity contribution is -0.113. The molecule has 4 rings (SSSR count). The van der Waals surface area contributed by atoms with Gasteiger partial charge in [0.25, 0.3) is 5.91 Å². The van der Waals surface area contributed by atoms with E-state index in [1.54, 1.807) is 18.2 Å². The Morgan fingerprint density at radius 1 is 0.966 bits per heavy atom. The highest BCUT2D eigenvalue weighted by molar-refractivity contribution is 6.35. The van der Waals surface area contributed by atoms with Gasteiger partial charge in [-0.05, 0) is 30.7 Å². The first-order valence-corrected chi connectivity index (χ1v) is 9.77.